The molecule has 0 radical (unpaired) electrons. The van der Waals surface area contributed by atoms with E-state index >= 15 is 0 Å². The lowest BCUT2D eigenvalue weighted by Gasteiger charge is -2.04. The summed E-state index contributed by atoms with van der Waals surface area (Å²) in [6, 6.07) is 9.75. The smallest absolute Gasteiger partial charge is 0.0991 e. The molecule has 2 rings (SSSR count). The zero-order valence-electron chi connectivity index (χ0n) is 9.74. The van der Waals surface area contributed by atoms with Crippen LogP contribution in [0.3, 0.4) is 0 Å². The zero-order valence-corrected chi connectivity index (χ0v) is 11.3. The molecule has 0 aliphatic carbocycles. The highest BCUT2D eigenvalue weighted by Gasteiger charge is 2.08. The number of hydrogen-bond donors (Lipinski definition) is 0. The van der Waals surface area contributed by atoms with Crippen molar-refractivity contribution in [2.45, 2.75) is 20.4 Å². The summed E-state index contributed by atoms with van der Waals surface area (Å²) in [7, 11) is 0. The minimum absolute atomic E-state index is 0.683. The van der Waals surface area contributed by atoms with Crippen LogP contribution in [-0.2, 0) is 6.54 Å². The standard InChI is InChI=1S/C13H12BrN3/c1-9-13(14)10(2)17(16-9)8-12-5-3-4-11(6-12)7-15/h3-6H,8H2,1-2H3. The molecule has 0 saturated carbocycles. The number of nitriles is 1. The Morgan fingerprint density at radius 1 is 1.41 bits per heavy atom. The third kappa shape index (κ3) is 2.40. The Bertz CT molecular complexity index is 593. The fourth-order valence-corrected chi connectivity index (χ4v) is 2.03. The quantitative estimate of drug-likeness (QED) is 0.852. The first-order valence-corrected chi connectivity index (χ1v) is 6.09. The molecule has 0 aliphatic heterocycles. The third-order valence-corrected chi connectivity index (χ3v) is 3.83. The summed E-state index contributed by atoms with van der Waals surface area (Å²) in [4.78, 5) is 0. The predicted octanol–water partition coefficient (Wildman–Crippen LogP) is 3.18. The Kier molecular flexibility index (Phi) is 3.30. The van der Waals surface area contributed by atoms with E-state index < -0.39 is 0 Å². The summed E-state index contributed by atoms with van der Waals surface area (Å²) in [6.07, 6.45) is 0. The molecule has 0 saturated heterocycles. The highest BCUT2D eigenvalue weighted by Crippen LogP contribution is 2.20. The van der Waals surface area contributed by atoms with Crippen LogP contribution >= 0.6 is 15.9 Å². The number of rotatable bonds is 2. The van der Waals surface area contributed by atoms with Crippen molar-refractivity contribution in [1.82, 2.24) is 9.78 Å². The van der Waals surface area contributed by atoms with Crippen molar-refractivity contribution >= 4 is 15.9 Å². The number of benzene rings is 1. The molecule has 0 unspecified atom stereocenters. The molecule has 1 aromatic carbocycles. The van der Waals surface area contributed by atoms with Crippen molar-refractivity contribution in [1.29, 1.82) is 5.26 Å². The highest BCUT2D eigenvalue weighted by atomic mass is 79.9. The van der Waals surface area contributed by atoms with Gasteiger partial charge >= 0.3 is 0 Å². The summed E-state index contributed by atoms with van der Waals surface area (Å²) in [5.41, 5.74) is 3.86. The zero-order chi connectivity index (χ0) is 12.4. The van der Waals surface area contributed by atoms with E-state index in [4.69, 9.17) is 5.26 Å². The molecular weight excluding hydrogens is 278 g/mol. The minimum atomic E-state index is 0.683. The van der Waals surface area contributed by atoms with E-state index in [9.17, 15) is 0 Å². The minimum Gasteiger partial charge on any atom is -0.264 e. The lowest BCUT2D eigenvalue weighted by molar-refractivity contribution is 0.658. The van der Waals surface area contributed by atoms with Crippen molar-refractivity contribution in [3.05, 3.63) is 51.3 Å². The van der Waals surface area contributed by atoms with Gasteiger partial charge < -0.3 is 0 Å². The second kappa shape index (κ2) is 4.72. The van der Waals surface area contributed by atoms with Gasteiger partial charge in [-0.25, -0.2) is 0 Å². The van der Waals surface area contributed by atoms with Crippen LogP contribution in [0.15, 0.2) is 28.7 Å². The monoisotopic (exact) mass is 289 g/mol. The maximum atomic E-state index is 8.85. The summed E-state index contributed by atoms with van der Waals surface area (Å²) in [5.74, 6) is 0. The molecular formula is C13H12BrN3. The summed E-state index contributed by atoms with van der Waals surface area (Å²) in [5, 5.41) is 13.3. The number of halogens is 1. The Hall–Kier alpha value is -1.60. The maximum Gasteiger partial charge on any atom is 0.0991 e. The van der Waals surface area contributed by atoms with Crippen molar-refractivity contribution in [3.63, 3.8) is 0 Å². The first-order valence-electron chi connectivity index (χ1n) is 5.30. The molecule has 86 valence electrons. The first kappa shape index (κ1) is 11.9. The van der Waals surface area contributed by atoms with Gasteiger partial charge in [0.05, 0.1) is 34.0 Å². The van der Waals surface area contributed by atoms with Gasteiger partial charge in [-0.15, -0.1) is 0 Å². The molecule has 0 bridgehead atoms. The number of aromatic nitrogens is 2. The molecule has 17 heavy (non-hydrogen) atoms. The molecule has 2 aromatic rings. The second-order valence-electron chi connectivity index (χ2n) is 3.95. The van der Waals surface area contributed by atoms with Crippen LogP contribution in [0.5, 0.6) is 0 Å². The average Bonchev–Trinajstić information content (AvgIpc) is 2.57. The van der Waals surface area contributed by atoms with E-state index in [1.807, 2.05) is 36.7 Å². The van der Waals surface area contributed by atoms with Gasteiger partial charge in [0, 0.05) is 0 Å². The van der Waals surface area contributed by atoms with Crippen molar-refractivity contribution in [2.75, 3.05) is 0 Å². The molecule has 0 amide bonds. The highest BCUT2D eigenvalue weighted by molar-refractivity contribution is 9.10. The lowest BCUT2D eigenvalue weighted by Crippen LogP contribution is -2.04. The third-order valence-electron chi connectivity index (χ3n) is 2.68. The van der Waals surface area contributed by atoms with Crippen LogP contribution in [0.25, 0.3) is 0 Å². The normalized spacial score (nSPS) is 10.2. The Labute approximate surface area is 109 Å². The van der Waals surface area contributed by atoms with E-state index in [1.165, 1.54) is 0 Å². The number of hydrogen-bond acceptors (Lipinski definition) is 2. The van der Waals surface area contributed by atoms with E-state index in [-0.39, 0.29) is 0 Å². The van der Waals surface area contributed by atoms with Crippen LogP contribution in [0.1, 0.15) is 22.5 Å². The van der Waals surface area contributed by atoms with Gasteiger partial charge in [0.25, 0.3) is 0 Å². The summed E-state index contributed by atoms with van der Waals surface area (Å²) < 4.78 is 2.99. The Morgan fingerprint density at radius 2 is 2.18 bits per heavy atom. The fourth-order valence-electron chi connectivity index (χ4n) is 1.74. The van der Waals surface area contributed by atoms with E-state index in [1.54, 1.807) is 6.07 Å². The van der Waals surface area contributed by atoms with Crippen LogP contribution in [-0.4, -0.2) is 9.78 Å². The summed E-state index contributed by atoms with van der Waals surface area (Å²) in [6.45, 7) is 4.69. The SMILES string of the molecule is Cc1nn(Cc2cccc(C#N)c2)c(C)c1Br. The molecule has 3 nitrogen and oxygen atoms in total. The predicted molar refractivity (Wildman–Crippen MR) is 69.7 cm³/mol. The fraction of sp³-hybridized carbons (Fsp3) is 0.231. The molecule has 4 heteroatoms. The van der Waals surface area contributed by atoms with E-state index in [2.05, 4.69) is 27.1 Å². The van der Waals surface area contributed by atoms with E-state index in [0.29, 0.717) is 12.1 Å². The number of nitrogens with zero attached hydrogens (tertiary/aromatic N) is 3. The molecule has 1 heterocycles. The number of aryl methyl sites for hydroxylation is 1. The maximum absolute atomic E-state index is 8.85. The van der Waals surface area contributed by atoms with Crippen LogP contribution in [0.2, 0.25) is 0 Å². The lowest BCUT2D eigenvalue weighted by atomic mass is 10.1. The topological polar surface area (TPSA) is 41.6 Å². The van der Waals surface area contributed by atoms with Crippen molar-refractivity contribution < 1.29 is 0 Å². The largest absolute Gasteiger partial charge is 0.264 e. The van der Waals surface area contributed by atoms with Gasteiger partial charge in [0.1, 0.15) is 0 Å². The average molecular weight is 290 g/mol. The second-order valence-corrected chi connectivity index (χ2v) is 4.75. The Balaban J connectivity index is 2.32. The van der Waals surface area contributed by atoms with Gasteiger partial charge in [0.15, 0.2) is 0 Å². The molecule has 0 N–H and O–H groups in total. The first-order chi connectivity index (χ1) is 8.11. The molecule has 1 aromatic heterocycles. The van der Waals surface area contributed by atoms with Gasteiger partial charge in [-0.1, -0.05) is 12.1 Å². The summed E-state index contributed by atoms with van der Waals surface area (Å²) >= 11 is 3.51. The molecule has 0 atom stereocenters. The van der Waals surface area contributed by atoms with Gasteiger partial charge in [-0.05, 0) is 47.5 Å². The molecule has 0 spiro atoms. The van der Waals surface area contributed by atoms with Gasteiger partial charge in [-0.2, -0.15) is 10.4 Å². The van der Waals surface area contributed by atoms with Crippen LogP contribution in [0, 0.1) is 25.2 Å². The van der Waals surface area contributed by atoms with E-state index in [0.717, 1.165) is 21.4 Å². The van der Waals surface area contributed by atoms with Gasteiger partial charge in [-0.3, -0.25) is 4.68 Å². The molecule has 0 aliphatic rings. The van der Waals surface area contributed by atoms with Gasteiger partial charge in [0.2, 0.25) is 0 Å². The van der Waals surface area contributed by atoms with Crippen LogP contribution < -0.4 is 0 Å². The van der Waals surface area contributed by atoms with Crippen molar-refractivity contribution in [2.24, 2.45) is 0 Å². The van der Waals surface area contributed by atoms with Crippen molar-refractivity contribution in [3.8, 4) is 6.07 Å². The van der Waals surface area contributed by atoms with Crippen LogP contribution in [0.4, 0.5) is 0 Å². The Morgan fingerprint density at radius 3 is 2.76 bits per heavy atom. The molecule has 0 fully saturated rings.